The van der Waals surface area contributed by atoms with Crippen molar-refractivity contribution in [1.82, 2.24) is 4.57 Å². The number of hydrogen-bond donors (Lipinski definition) is 0. The number of aromatic nitrogens is 1. The van der Waals surface area contributed by atoms with Crippen molar-refractivity contribution in [2.75, 3.05) is 0 Å². The molecule has 3 aromatic rings. The van der Waals surface area contributed by atoms with E-state index in [1.165, 1.54) is 24.3 Å². The molecule has 0 amide bonds. The van der Waals surface area contributed by atoms with Crippen molar-refractivity contribution in [3.8, 4) is 0 Å². The maximum atomic E-state index is 14.0. The van der Waals surface area contributed by atoms with Gasteiger partial charge in [-0.25, -0.2) is 9.18 Å². The molecule has 0 saturated carbocycles. The highest BCUT2D eigenvalue weighted by molar-refractivity contribution is 6.27. The van der Waals surface area contributed by atoms with Crippen LogP contribution in [0.5, 0.6) is 0 Å². The van der Waals surface area contributed by atoms with Crippen molar-refractivity contribution >= 4 is 28.7 Å². The van der Waals surface area contributed by atoms with Crippen LogP contribution in [-0.2, 0) is 40.8 Å². The first kappa shape index (κ1) is 24.5. The van der Waals surface area contributed by atoms with Crippen LogP contribution < -0.4 is 0 Å². The lowest BCUT2D eigenvalue weighted by atomic mass is 10.0. The minimum absolute atomic E-state index is 0.0835. The smallest absolute Gasteiger partial charge is 0.371 e. The Labute approximate surface area is 193 Å². The van der Waals surface area contributed by atoms with Crippen LogP contribution in [0.4, 0.5) is 30.7 Å². The summed E-state index contributed by atoms with van der Waals surface area (Å²) in [4.78, 5) is 16.2. The number of fused-ring (bicyclic) bond motifs is 1. The predicted octanol–water partition coefficient (Wildman–Crippen LogP) is 5.91. The van der Waals surface area contributed by atoms with Crippen molar-refractivity contribution in [1.29, 1.82) is 0 Å². The largest absolute Gasteiger partial charge is 0.437 e. The zero-order valence-electron chi connectivity index (χ0n) is 17.8. The normalized spacial score (nSPS) is 15.7. The van der Waals surface area contributed by atoms with Crippen LogP contribution in [0.2, 0.25) is 0 Å². The minimum atomic E-state index is -4.97. The molecule has 0 atom stereocenters. The maximum Gasteiger partial charge on any atom is 0.437 e. The molecule has 0 saturated heterocycles. The molecule has 4 rings (SSSR count). The Balaban J connectivity index is 1.68. The number of carbonyl (C=O) groups excluding carboxylic acids is 1. The second-order valence-corrected chi connectivity index (χ2v) is 7.64. The summed E-state index contributed by atoms with van der Waals surface area (Å²) >= 11 is 0. The first-order valence-electron chi connectivity index (χ1n) is 9.95. The monoisotopic (exact) mass is 500 g/mol. The van der Waals surface area contributed by atoms with Crippen LogP contribution >= 0.6 is 0 Å². The van der Waals surface area contributed by atoms with Crippen LogP contribution in [0.25, 0.3) is 17.0 Å². The Hall–Kier alpha value is -3.67. The SMILES string of the molecule is Cn1c(COCc2ccc(C(F)(F)F)cc2)c(/C=C2/C(=O)ON=C2C(F)(F)F)c2cc(F)ccc21. The zero-order chi connectivity index (χ0) is 25.5. The zero-order valence-corrected chi connectivity index (χ0v) is 17.8. The van der Waals surface area contributed by atoms with E-state index in [9.17, 15) is 35.5 Å². The average molecular weight is 500 g/mol. The highest BCUT2D eigenvalue weighted by Crippen LogP contribution is 2.34. The topological polar surface area (TPSA) is 52.8 Å². The Morgan fingerprint density at radius 3 is 2.31 bits per heavy atom. The summed E-state index contributed by atoms with van der Waals surface area (Å²) in [6.07, 6.45) is -8.53. The number of rotatable bonds is 5. The van der Waals surface area contributed by atoms with Crippen molar-refractivity contribution < 1.29 is 45.1 Å². The molecule has 1 aliphatic rings. The van der Waals surface area contributed by atoms with Crippen molar-refractivity contribution in [3.63, 3.8) is 0 Å². The first-order valence-corrected chi connectivity index (χ1v) is 9.95. The number of ether oxygens (including phenoxy) is 1. The fourth-order valence-corrected chi connectivity index (χ4v) is 3.65. The lowest BCUT2D eigenvalue weighted by Gasteiger charge is -2.10. The number of hydrogen-bond acceptors (Lipinski definition) is 4. The van der Waals surface area contributed by atoms with E-state index in [4.69, 9.17) is 4.74 Å². The van der Waals surface area contributed by atoms with Gasteiger partial charge in [0.25, 0.3) is 0 Å². The van der Waals surface area contributed by atoms with E-state index in [2.05, 4.69) is 9.99 Å². The molecule has 0 N–H and O–H groups in total. The highest BCUT2D eigenvalue weighted by atomic mass is 19.4. The van der Waals surface area contributed by atoms with E-state index in [0.29, 0.717) is 16.8 Å². The molecule has 0 unspecified atom stereocenters. The number of halogens is 7. The lowest BCUT2D eigenvalue weighted by Crippen LogP contribution is -2.24. The lowest BCUT2D eigenvalue weighted by molar-refractivity contribution is -0.138. The van der Waals surface area contributed by atoms with Crippen LogP contribution in [0, 0.1) is 5.82 Å². The van der Waals surface area contributed by atoms with Gasteiger partial charge in [0.1, 0.15) is 5.82 Å². The molecular formula is C23H15F7N2O3. The second kappa shape index (κ2) is 8.84. The van der Waals surface area contributed by atoms with Gasteiger partial charge in [-0.05, 0) is 42.0 Å². The van der Waals surface area contributed by atoms with Crippen molar-refractivity contribution in [3.05, 3.63) is 76.2 Å². The summed E-state index contributed by atoms with van der Waals surface area (Å²) in [5.41, 5.74) is -1.94. The van der Waals surface area contributed by atoms with E-state index in [1.54, 1.807) is 11.6 Å². The molecule has 184 valence electrons. The van der Waals surface area contributed by atoms with E-state index in [1.807, 2.05) is 0 Å². The average Bonchev–Trinajstić information content (AvgIpc) is 3.26. The van der Waals surface area contributed by atoms with Crippen molar-refractivity contribution in [2.24, 2.45) is 12.2 Å². The van der Waals surface area contributed by atoms with Gasteiger partial charge in [0.15, 0.2) is 5.71 Å². The van der Waals surface area contributed by atoms with E-state index >= 15 is 0 Å². The third-order valence-corrected chi connectivity index (χ3v) is 5.37. The summed E-state index contributed by atoms with van der Waals surface area (Å²) < 4.78 is 99.2. The van der Waals surface area contributed by atoms with Gasteiger partial charge in [0, 0.05) is 23.5 Å². The molecule has 12 heteroatoms. The van der Waals surface area contributed by atoms with Gasteiger partial charge >= 0.3 is 18.3 Å². The molecule has 1 aliphatic heterocycles. The Morgan fingerprint density at radius 1 is 1.00 bits per heavy atom. The number of alkyl halides is 6. The quantitative estimate of drug-likeness (QED) is 0.249. The fraction of sp³-hybridized carbons (Fsp3) is 0.217. The predicted molar refractivity (Wildman–Crippen MR) is 110 cm³/mol. The number of oxime groups is 1. The molecule has 0 fully saturated rings. The maximum absolute atomic E-state index is 14.0. The summed E-state index contributed by atoms with van der Waals surface area (Å²) in [5, 5.41) is 3.02. The standard InChI is InChI=1S/C23H15F7N2O3/c1-32-18-7-6-14(24)8-15(18)16(9-17-20(23(28,29)30)31-35-21(17)33)19(32)11-34-10-12-2-4-13(5-3-12)22(25,26)27/h2-9H,10-11H2,1H3/b17-9+. The molecule has 5 nitrogen and oxygen atoms in total. The van der Waals surface area contributed by atoms with Gasteiger partial charge in [-0.3, -0.25) is 0 Å². The summed E-state index contributed by atoms with van der Waals surface area (Å²) in [5.74, 6) is -1.97. The molecule has 0 radical (unpaired) electrons. The minimum Gasteiger partial charge on any atom is -0.371 e. The van der Waals surface area contributed by atoms with E-state index < -0.39 is 41.0 Å². The third kappa shape index (κ3) is 4.92. The van der Waals surface area contributed by atoms with E-state index in [-0.39, 0.29) is 24.2 Å². The molecule has 35 heavy (non-hydrogen) atoms. The number of carbonyl (C=O) groups is 1. The Morgan fingerprint density at radius 2 is 1.69 bits per heavy atom. The van der Waals surface area contributed by atoms with Crippen LogP contribution in [0.3, 0.4) is 0 Å². The molecule has 2 heterocycles. The number of benzene rings is 2. The van der Waals surface area contributed by atoms with Gasteiger partial charge in [-0.2, -0.15) is 26.3 Å². The summed E-state index contributed by atoms with van der Waals surface area (Å²) in [6, 6.07) is 7.96. The van der Waals surface area contributed by atoms with Crippen molar-refractivity contribution in [2.45, 2.75) is 25.6 Å². The van der Waals surface area contributed by atoms with Gasteiger partial charge in [0.2, 0.25) is 0 Å². The summed E-state index contributed by atoms with van der Waals surface area (Å²) in [7, 11) is 1.57. The third-order valence-electron chi connectivity index (χ3n) is 5.37. The molecule has 0 aliphatic carbocycles. The molecule has 1 aromatic heterocycles. The van der Waals surface area contributed by atoms with Gasteiger partial charge in [-0.15, -0.1) is 0 Å². The number of aryl methyl sites for hydroxylation is 1. The number of nitrogens with zero attached hydrogens (tertiary/aromatic N) is 2. The second-order valence-electron chi connectivity index (χ2n) is 7.64. The molecular weight excluding hydrogens is 485 g/mol. The van der Waals surface area contributed by atoms with Crippen LogP contribution in [0.1, 0.15) is 22.4 Å². The van der Waals surface area contributed by atoms with Gasteiger partial charge in [0.05, 0.1) is 30.0 Å². The van der Waals surface area contributed by atoms with E-state index in [0.717, 1.165) is 24.3 Å². The Kier molecular flexibility index (Phi) is 6.18. The molecule has 2 aromatic carbocycles. The highest BCUT2D eigenvalue weighted by Gasteiger charge is 2.45. The first-order chi connectivity index (χ1) is 16.4. The Bertz CT molecular complexity index is 1350. The summed E-state index contributed by atoms with van der Waals surface area (Å²) in [6.45, 7) is -0.318. The fourth-order valence-electron chi connectivity index (χ4n) is 3.65. The molecule has 0 spiro atoms. The van der Waals surface area contributed by atoms with Crippen LogP contribution in [0.15, 0.2) is 53.2 Å². The molecule has 0 bridgehead atoms. The van der Waals surface area contributed by atoms with Gasteiger partial charge < -0.3 is 14.1 Å². The van der Waals surface area contributed by atoms with Crippen LogP contribution in [-0.4, -0.2) is 22.4 Å². The van der Waals surface area contributed by atoms with Gasteiger partial charge in [-0.1, -0.05) is 17.3 Å².